The summed E-state index contributed by atoms with van der Waals surface area (Å²) in [5.74, 6) is -0.920. The van der Waals surface area contributed by atoms with E-state index in [9.17, 15) is 22.8 Å². The summed E-state index contributed by atoms with van der Waals surface area (Å²) >= 11 is 0. The van der Waals surface area contributed by atoms with Gasteiger partial charge in [0.15, 0.2) is 19.3 Å². The Morgan fingerprint density at radius 3 is 2.44 bits per heavy atom. The highest BCUT2D eigenvalue weighted by Crippen LogP contribution is 2.52. The summed E-state index contributed by atoms with van der Waals surface area (Å²) in [5, 5.41) is 2.79. The number of halogens is 3. The molecule has 0 radical (unpaired) electrons. The minimum absolute atomic E-state index is 0.0111. The fourth-order valence-electron chi connectivity index (χ4n) is 4.09. The fraction of sp³-hybridized carbons (Fsp3) is 0.208. The predicted octanol–water partition coefficient (Wildman–Crippen LogP) is 3.96. The number of aromatic nitrogens is 1. The third-order valence-corrected chi connectivity index (χ3v) is 6.10. The summed E-state index contributed by atoms with van der Waals surface area (Å²) in [6.45, 7) is 1.80. The van der Waals surface area contributed by atoms with Crippen LogP contribution >= 0.6 is 0 Å². The van der Waals surface area contributed by atoms with Gasteiger partial charge in [-0.05, 0) is 61.2 Å². The Kier molecular flexibility index (Phi) is 4.93. The lowest BCUT2D eigenvalue weighted by Crippen LogP contribution is -2.28. The molecule has 3 aromatic rings. The Labute approximate surface area is 193 Å². The zero-order valence-corrected chi connectivity index (χ0v) is 18.2. The molecule has 10 heteroatoms. The highest BCUT2D eigenvalue weighted by molar-refractivity contribution is 6.62. The molecule has 1 amide bonds. The number of pyridine rings is 1. The number of hydrogen-bond acceptors (Lipinski definition) is 5. The number of nitrogens with one attached hydrogen (secondary N) is 1. The highest BCUT2D eigenvalue weighted by atomic mass is 19.3. The van der Waals surface area contributed by atoms with Crippen molar-refractivity contribution in [1.29, 1.82) is 0 Å². The van der Waals surface area contributed by atoms with Crippen LogP contribution in [0.1, 0.15) is 34.3 Å². The number of benzene rings is 2. The first-order valence-corrected chi connectivity index (χ1v) is 10.6. The van der Waals surface area contributed by atoms with E-state index in [-0.39, 0.29) is 34.5 Å². The van der Waals surface area contributed by atoms with Crippen molar-refractivity contribution < 1.29 is 32.2 Å². The van der Waals surface area contributed by atoms with E-state index in [1.54, 1.807) is 31.2 Å². The summed E-state index contributed by atoms with van der Waals surface area (Å²) in [6, 6.07) is 12.0. The lowest BCUT2D eigenvalue weighted by atomic mass is 9.93. The average Bonchev–Trinajstić information content (AvgIpc) is 3.52. The molecule has 2 heterocycles. The maximum Gasteiger partial charge on any atom is 0.586 e. The smallest absolute Gasteiger partial charge is 0.395 e. The number of amides is 1. The molecule has 1 aliphatic carbocycles. The van der Waals surface area contributed by atoms with E-state index < -0.39 is 17.5 Å². The van der Waals surface area contributed by atoms with Crippen LogP contribution < -0.4 is 14.8 Å². The first kappa shape index (κ1) is 22.0. The number of rotatable bonds is 5. The van der Waals surface area contributed by atoms with Gasteiger partial charge in [-0.3, -0.25) is 4.79 Å². The first-order chi connectivity index (χ1) is 16.1. The van der Waals surface area contributed by atoms with E-state index in [2.05, 4.69) is 19.8 Å². The predicted molar refractivity (Wildman–Crippen MR) is 119 cm³/mol. The van der Waals surface area contributed by atoms with Crippen LogP contribution in [0.2, 0.25) is 0 Å². The molecular formula is C24H18BF3N2O4. The Morgan fingerprint density at radius 2 is 1.76 bits per heavy atom. The van der Waals surface area contributed by atoms with Gasteiger partial charge >= 0.3 is 6.29 Å². The van der Waals surface area contributed by atoms with Gasteiger partial charge in [-0.1, -0.05) is 18.2 Å². The number of nitrogens with zero attached hydrogens (tertiary/aromatic N) is 1. The van der Waals surface area contributed by atoms with Crippen LogP contribution in [-0.2, 0) is 10.2 Å². The molecule has 172 valence electrons. The molecule has 5 rings (SSSR count). The van der Waals surface area contributed by atoms with Gasteiger partial charge in [0.05, 0.1) is 11.1 Å². The molecule has 0 saturated heterocycles. The van der Waals surface area contributed by atoms with Crippen LogP contribution in [0.3, 0.4) is 0 Å². The second-order valence-electron chi connectivity index (χ2n) is 8.48. The molecule has 1 fully saturated rings. The van der Waals surface area contributed by atoms with Gasteiger partial charge in [0, 0.05) is 11.1 Å². The zero-order chi connectivity index (χ0) is 24.3. The summed E-state index contributed by atoms with van der Waals surface area (Å²) in [7, 11) is 1.29. The van der Waals surface area contributed by atoms with Gasteiger partial charge in [0.2, 0.25) is 5.91 Å². The van der Waals surface area contributed by atoms with Gasteiger partial charge in [-0.2, -0.15) is 0 Å². The van der Waals surface area contributed by atoms with Crippen molar-refractivity contribution in [1.82, 2.24) is 4.98 Å². The number of fused-ring (bicyclic) bond motifs is 1. The summed E-state index contributed by atoms with van der Waals surface area (Å²) in [4.78, 5) is 29.2. The number of carbonyl (C=O) groups is 2. The minimum atomic E-state index is -3.73. The van der Waals surface area contributed by atoms with Crippen LogP contribution in [0.5, 0.6) is 11.5 Å². The molecule has 2 aromatic carbocycles. The van der Waals surface area contributed by atoms with Gasteiger partial charge in [-0.25, -0.2) is 9.37 Å². The molecule has 1 aromatic heterocycles. The number of hydrogen-bond donors (Lipinski definition) is 1. The summed E-state index contributed by atoms with van der Waals surface area (Å²) < 4.78 is 50.0. The molecule has 0 bridgehead atoms. The van der Waals surface area contributed by atoms with E-state index >= 15 is 0 Å². The number of anilines is 1. The molecule has 0 atom stereocenters. The number of ether oxygens (including phenoxy) is 2. The van der Waals surface area contributed by atoms with Crippen LogP contribution in [0.25, 0.3) is 11.3 Å². The lowest BCUT2D eigenvalue weighted by molar-refractivity contribution is -0.286. The molecule has 0 spiro atoms. The van der Waals surface area contributed by atoms with Crippen molar-refractivity contribution in [3.63, 3.8) is 0 Å². The SMILES string of the molecule is BC(=O)c1ccc(-c2nc(NC(=O)C3(c4ccc5c(c4)OC(F)(F)O5)CC3)ccc2C)cc1F. The van der Waals surface area contributed by atoms with Crippen molar-refractivity contribution in [3.05, 3.63) is 71.0 Å². The second-order valence-corrected chi connectivity index (χ2v) is 8.48. The van der Waals surface area contributed by atoms with E-state index in [0.717, 1.165) is 5.56 Å². The lowest BCUT2D eigenvalue weighted by Gasteiger charge is -2.17. The molecule has 2 aliphatic rings. The monoisotopic (exact) mass is 466 g/mol. The number of alkyl halides is 2. The molecule has 1 saturated carbocycles. The molecule has 34 heavy (non-hydrogen) atoms. The van der Waals surface area contributed by atoms with Gasteiger partial charge < -0.3 is 19.6 Å². The summed E-state index contributed by atoms with van der Waals surface area (Å²) in [6.07, 6.45) is -2.67. The van der Waals surface area contributed by atoms with Crippen LogP contribution in [0.15, 0.2) is 48.5 Å². The van der Waals surface area contributed by atoms with Crippen molar-refractivity contribution >= 4 is 25.3 Å². The Bertz CT molecular complexity index is 1360. The maximum absolute atomic E-state index is 14.3. The Balaban J connectivity index is 1.40. The summed E-state index contributed by atoms with van der Waals surface area (Å²) in [5.41, 5.74) is 0.943. The zero-order valence-electron chi connectivity index (χ0n) is 18.2. The van der Waals surface area contributed by atoms with E-state index in [4.69, 9.17) is 0 Å². The number of aryl methyl sites for hydroxylation is 1. The topological polar surface area (TPSA) is 77.5 Å². The second kappa shape index (κ2) is 7.61. The maximum atomic E-state index is 14.3. The minimum Gasteiger partial charge on any atom is -0.395 e. The third kappa shape index (κ3) is 3.78. The van der Waals surface area contributed by atoms with Crippen molar-refractivity contribution in [2.45, 2.75) is 31.5 Å². The fourth-order valence-corrected chi connectivity index (χ4v) is 4.09. The Hall–Kier alpha value is -3.82. The van der Waals surface area contributed by atoms with Crippen molar-refractivity contribution in [3.8, 4) is 22.8 Å². The highest BCUT2D eigenvalue weighted by Gasteiger charge is 2.53. The number of carbonyl (C=O) groups excluding carboxylic acids is 2. The van der Waals surface area contributed by atoms with Crippen LogP contribution in [-0.4, -0.2) is 30.7 Å². The molecule has 0 unspecified atom stereocenters. The van der Waals surface area contributed by atoms with E-state index in [1.165, 1.54) is 32.1 Å². The van der Waals surface area contributed by atoms with Crippen molar-refractivity contribution in [2.75, 3.05) is 5.32 Å². The molecule has 1 aliphatic heterocycles. The molecule has 1 N–H and O–H groups in total. The molecular weight excluding hydrogens is 448 g/mol. The van der Waals surface area contributed by atoms with Gasteiger partial charge in [0.1, 0.15) is 17.3 Å². The van der Waals surface area contributed by atoms with Crippen LogP contribution in [0.4, 0.5) is 19.0 Å². The standard InChI is InChI=1S/C24H18BF3N2O4/c1-12-2-7-19(29-20(12)13-3-5-15(21(25)31)16(26)10-13)30-22(32)23(8-9-23)14-4-6-17-18(11-14)34-24(27,28)33-17/h2-7,10-11H,8-9,25H2,1H3,(H,29,30,32). The first-order valence-electron chi connectivity index (χ1n) is 10.6. The molecule has 6 nitrogen and oxygen atoms in total. The quantitative estimate of drug-likeness (QED) is 0.577. The third-order valence-electron chi connectivity index (χ3n) is 6.10. The van der Waals surface area contributed by atoms with Gasteiger partial charge in [-0.15, -0.1) is 8.78 Å². The van der Waals surface area contributed by atoms with Crippen LogP contribution in [0, 0.1) is 12.7 Å². The normalized spacial score (nSPS) is 16.7. The van der Waals surface area contributed by atoms with Crippen molar-refractivity contribution in [2.24, 2.45) is 0 Å². The Morgan fingerprint density at radius 1 is 1.03 bits per heavy atom. The average molecular weight is 466 g/mol. The largest absolute Gasteiger partial charge is 0.586 e. The van der Waals surface area contributed by atoms with E-state index in [0.29, 0.717) is 29.7 Å². The van der Waals surface area contributed by atoms with E-state index in [1.807, 2.05) is 0 Å². The van der Waals surface area contributed by atoms with Gasteiger partial charge in [0.25, 0.3) is 0 Å².